The van der Waals surface area contributed by atoms with E-state index in [9.17, 15) is 17.2 Å². The van der Waals surface area contributed by atoms with Gasteiger partial charge in [-0.25, -0.2) is 17.2 Å². The molecule has 0 bridgehead atoms. The molecule has 0 aliphatic rings. The summed E-state index contributed by atoms with van der Waals surface area (Å²) in [7, 11) is -2.61. The van der Waals surface area contributed by atoms with Crippen molar-refractivity contribution in [1.29, 1.82) is 0 Å². The van der Waals surface area contributed by atoms with E-state index in [-0.39, 0.29) is 16.0 Å². The largest absolute Gasteiger partial charge is 0.390 e. The monoisotopic (exact) mass is 380 g/mol. The summed E-state index contributed by atoms with van der Waals surface area (Å²) < 4.78 is 55.0. The van der Waals surface area contributed by atoms with Crippen molar-refractivity contribution in [3.8, 4) is 0 Å². The number of rotatable bonds is 4. The molecular weight excluding hydrogens is 370 g/mol. The first-order valence-electron chi connectivity index (χ1n) is 5.68. The summed E-state index contributed by atoms with van der Waals surface area (Å²) >= 11 is 2.91. The van der Waals surface area contributed by atoms with Crippen LogP contribution in [0.25, 0.3) is 0 Å². The van der Waals surface area contributed by atoms with Crippen LogP contribution >= 0.6 is 15.9 Å². The summed E-state index contributed by atoms with van der Waals surface area (Å²) in [5, 5.41) is 9.04. The fourth-order valence-electron chi connectivity index (χ4n) is 1.71. The van der Waals surface area contributed by atoms with Crippen LogP contribution in [0.5, 0.6) is 0 Å². The Labute approximate surface area is 128 Å². The summed E-state index contributed by atoms with van der Waals surface area (Å²) in [6.45, 7) is -0.354. The molecular formula is C12H11BrF2N2O3S. The van der Waals surface area contributed by atoms with Crippen LogP contribution < -0.4 is 4.72 Å². The maximum absolute atomic E-state index is 13.7. The van der Waals surface area contributed by atoms with Gasteiger partial charge in [-0.3, -0.25) is 4.72 Å². The van der Waals surface area contributed by atoms with E-state index >= 15 is 0 Å². The molecule has 1 heterocycles. The van der Waals surface area contributed by atoms with E-state index in [1.807, 2.05) is 4.72 Å². The number of benzene rings is 1. The highest BCUT2D eigenvalue weighted by Gasteiger charge is 2.21. The Bertz CT molecular complexity index is 767. The Morgan fingerprint density at radius 2 is 1.86 bits per heavy atom. The molecule has 1 aromatic heterocycles. The van der Waals surface area contributed by atoms with E-state index in [1.165, 1.54) is 16.8 Å². The molecule has 0 amide bonds. The van der Waals surface area contributed by atoms with Gasteiger partial charge in [0.05, 0.1) is 6.61 Å². The van der Waals surface area contributed by atoms with Gasteiger partial charge in [-0.15, -0.1) is 0 Å². The van der Waals surface area contributed by atoms with E-state index < -0.39 is 27.3 Å². The zero-order valence-corrected chi connectivity index (χ0v) is 13.2. The van der Waals surface area contributed by atoms with Gasteiger partial charge >= 0.3 is 0 Å². The molecule has 0 saturated heterocycles. The normalized spacial score (nSPS) is 11.7. The third kappa shape index (κ3) is 3.25. The Hall–Kier alpha value is -1.45. The number of nitrogens with zero attached hydrogens (tertiary/aromatic N) is 1. The highest BCUT2D eigenvalue weighted by atomic mass is 79.9. The molecule has 2 aromatic rings. The number of aromatic nitrogens is 1. The zero-order valence-electron chi connectivity index (χ0n) is 10.8. The average molecular weight is 381 g/mol. The van der Waals surface area contributed by atoms with Crippen molar-refractivity contribution < 1.29 is 22.3 Å². The van der Waals surface area contributed by atoms with Gasteiger partial charge in [-0.05, 0) is 18.2 Å². The van der Waals surface area contributed by atoms with Crippen LogP contribution in [0.2, 0.25) is 0 Å². The van der Waals surface area contributed by atoms with Gasteiger partial charge in [-0.2, -0.15) is 0 Å². The predicted octanol–water partition coefficient (Wildman–Crippen LogP) is 2.36. The zero-order chi connectivity index (χ0) is 15.8. The van der Waals surface area contributed by atoms with Crippen molar-refractivity contribution in [2.24, 2.45) is 7.05 Å². The SMILES string of the molecule is Cn1cc(S(=O)(=O)Nc2c(F)cc(Br)cc2F)cc1CO. The molecule has 0 unspecified atom stereocenters. The van der Waals surface area contributed by atoms with Crippen LogP contribution in [0.15, 0.2) is 33.8 Å². The number of halogens is 3. The Kier molecular flexibility index (Phi) is 4.35. The Morgan fingerprint density at radius 1 is 1.29 bits per heavy atom. The smallest absolute Gasteiger partial charge is 0.263 e. The van der Waals surface area contributed by atoms with E-state index in [0.717, 1.165) is 12.1 Å². The maximum Gasteiger partial charge on any atom is 0.263 e. The number of aliphatic hydroxyl groups excluding tert-OH is 1. The number of anilines is 1. The number of aryl methyl sites for hydroxylation is 1. The summed E-state index contributed by atoms with van der Waals surface area (Å²) in [4.78, 5) is -0.198. The van der Waals surface area contributed by atoms with Gasteiger partial charge < -0.3 is 9.67 Å². The summed E-state index contributed by atoms with van der Waals surface area (Å²) in [6, 6.07) is 3.12. The van der Waals surface area contributed by atoms with Crippen LogP contribution in [-0.4, -0.2) is 18.1 Å². The summed E-state index contributed by atoms with van der Waals surface area (Å²) in [5.74, 6) is -2.08. The van der Waals surface area contributed by atoms with Crippen molar-refractivity contribution in [3.05, 3.63) is 46.2 Å². The van der Waals surface area contributed by atoms with Gasteiger partial charge in [0.2, 0.25) is 0 Å². The number of aliphatic hydroxyl groups is 1. The number of nitrogens with one attached hydrogen (secondary N) is 1. The molecule has 0 saturated carbocycles. The van der Waals surface area contributed by atoms with Crippen molar-refractivity contribution in [3.63, 3.8) is 0 Å². The number of hydrogen-bond donors (Lipinski definition) is 2. The Morgan fingerprint density at radius 3 is 2.33 bits per heavy atom. The van der Waals surface area contributed by atoms with E-state index in [0.29, 0.717) is 5.69 Å². The molecule has 0 atom stereocenters. The second-order valence-corrected chi connectivity index (χ2v) is 6.88. The van der Waals surface area contributed by atoms with Crippen molar-refractivity contribution in [2.75, 3.05) is 4.72 Å². The molecule has 0 aliphatic heterocycles. The molecule has 2 rings (SSSR count). The first kappa shape index (κ1) is 15.9. The predicted molar refractivity (Wildman–Crippen MR) is 76.2 cm³/mol. The van der Waals surface area contributed by atoms with Crippen molar-refractivity contribution >= 4 is 31.6 Å². The van der Waals surface area contributed by atoms with E-state index in [4.69, 9.17) is 5.11 Å². The minimum absolute atomic E-state index is 0.155. The fraction of sp³-hybridized carbons (Fsp3) is 0.167. The Balaban J connectivity index is 2.42. The third-order valence-electron chi connectivity index (χ3n) is 2.80. The maximum atomic E-state index is 13.7. The van der Waals surface area contributed by atoms with E-state index in [1.54, 1.807) is 7.05 Å². The molecule has 2 N–H and O–H groups in total. The third-order valence-corrected chi connectivity index (χ3v) is 4.57. The molecule has 5 nitrogen and oxygen atoms in total. The molecule has 0 radical (unpaired) electrons. The summed E-state index contributed by atoms with van der Waals surface area (Å²) in [5.41, 5.74) is -0.403. The number of sulfonamides is 1. The molecule has 0 fully saturated rings. The fourth-order valence-corrected chi connectivity index (χ4v) is 3.29. The molecule has 1 aromatic carbocycles. The van der Waals surface area contributed by atoms with Gasteiger partial charge in [0.1, 0.15) is 10.6 Å². The van der Waals surface area contributed by atoms with Crippen molar-refractivity contribution in [2.45, 2.75) is 11.5 Å². The number of hydrogen-bond acceptors (Lipinski definition) is 3. The lowest BCUT2D eigenvalue weighted by Crippen LogP contribution is -2.14. The molecule has 0 aliphatic carbocycles. The second kappa shape index (κ2) is 5.74. The molecule has 9 heteroatoms. The van der Waals surface area contributed by atoms with Crippen LogP contribution in [0.4, 0.5) is 14.5 Å². The lowest BCUT2D eigenvalue weighted by Gasteiger charge is -2.09. The highest BCUT2D eigenvalue weighted by Crippen LogP contribution is 2.26. The quantitative estimate of drug-likeness (QED) is 0.854. The topological polar surface area (TPSA) is 71.3 Å². The van der Waals surface area contributed by atoms with Gasteiger partial charge in [0, 0.05) is 23.4 Å². The van der Waals surface area contributed by atoms with Crippen LogP contribution in [-0.2, 0) is 23.7 Å². The van der Waals surface area contributed by atoms with Gasteiger partial charge in [0.25, 0.3) is 10.0 Å². The van der Waals surface area contributed by atoms with Crippen LogP contribution in [0.3, 0.4) is 0 Å². The van der Waals surface area contributed by atoms with Gasteiger partial charge in [-0.1, -0.05) is 15.9 Å². The van der Waals surface area contributed by atoms with E-state index in [2.05, 4.69) is 15.9 Å². The second-order valence-electron chi connectivity index (χ2n) is 4.29. The molecule has 114 valence electrons. The van der Waals surface area contributed by atoms with Crippen LogP contribution in [0.1, 0.15) is 5.69 Å². The first-order chi connectivity index (χ1) is 9.74. The average Bonchev–Trinajstić information content (AvgIpc) is 2.76. The minimum Gasteiger partial charge on any atom is -0.390 e. The highest BCUT2D eigenvalue weighted by molar-refractivity contribution is 9.10. The standard InChI is InChI=1S/C12H11BrF2N2O3S/c1-17-5-9(4-8(17)6-18)21(19,20)16-12-10(14)2-7(13)3-11(12)15/h2-5,16,18H,6H2,1H3. The lowest BCUT2D eigenvalue weighted by atomic mass is 10.3. The molecule has 0 spiro atoms. The molecule has 21 heavy (non-hydrogen) atoms. The lowest BCUT2D eigenvalue weighted by molar-refractivity contribution is 0.272. The minimum atomic E-state index is -4.16. The van der Waals surface area contributed by atoms with Crippen LogP contribution in [0, 0.1) is 11.6 Å². The van der Waals surface area contributed by atoms with Crippen molar-refractivity contribution in [1.82, 2.24) is 4.57 Å². The summed E-state index contributed by atoms with van der Waals surface area (Å²) in [6.07, 6.45) is 1.24. The first-order valence-corrected chi connectivity index (χ1v) is 7.95. The van der Waals surface area contributed by atoms with Gasteiger partial charge in [0.15, 0.2) is 11.6 Å².